The Morgan fingerprint density at radius 3 is 2.55 bits per heavy atom. The molecule has 0 bridgehead atoms. The van der Waals surface area contributed by atoms with Crippen LogP contribution in [-0.2, 0) is 14.4 Å². The number of carbonyl (C=O) groups is 2. The molecular weight excluding hydrogens is 154 g/mol. The summed E-state index contributed by atoms with van der Waals surface area (Å²) in [6.45, 7) is 0. The van der Waals surface area contributed by atoms with Crippen LogP contribution in [0.15, 0.2) is 0 Å². The van der Waals surface area contributed by atoms with Crippen LogP contribution in [0.25, 0.3) is 0 Å². The second-order valence-corrected chi connectivity index (χ2v) is 1.79. The van der Waals surface area contributed by atoms with Gasteiger partial charge in [-0.15, -0.1) is 0 Å². The van der Waals surface area contributed by atoms with E-state index in [-0.39, 0.29) is 6.42 Å². The van der Waals surface area contributed by atoms with Crippen LogP contribution in [0.3, 0.4) is 0 Å². The van der Waals surface area contributed by atoms with E-state index in [0.29, 0.717) is 0 Å². The first kappa shape index (κ1) is 9.82. The number of nitrogens with one attached hydrogen (secondary N) is 1. The fourth-order valence-corrected chi connectivity index (χ4v) is 0.421. The molecule has 1 atom stereocenters. The smallest absolute Gasteiger partial charge is 0.344 e. The topological polar surface area (TPSA) is 128 Å². The SMILES string of the molecule is NC(=O)CC(N)C(=O)ONO. The van der Waals surface area contributed by atoms with Crippen molar-refractivity contribution in [2.24, 2.45) is 11.5 Å². The van der Waals surface area contributed by atoms with Gasteiger partial charge < -0.3 is 16.3 Å². The number of amides is 1. The van der Waals surface area contributed by atoms with E-state index in [4.69, 9.17) is 16.7 Å². The molecule has 0 aliphatic carbocycles. The molecule has 6 N–H and O–H groups in total. The predicted molar refractivity (Wildman–Crippen MR) is 32.8 cm³/mol. The molecule has 0 aliphatic rings. The Bertz CT molecular complexity index is 159. The van der Waals surface area contributed by atoms with Crippen molar-refractivity contribution in [3.8, 4) is 0 Å². The van der Waals surface area contributed by atoms with Crippen LogP contribution in [0, 0.1) is 0 Å². The van der Waals surface area contributed by atoms with Crippen LogP contribution in [0.1, 0.15) is 6.42 Å². The number of hydrogen-bond acceptors (Lipinski definition) is 6. The van der Waals surface area contributed by atoms with Crippen molar-refractivity contribution >= 4 is 11.9 Å². The third-order valence-corrected chi connectivity index (χ3v) is 0.870. The van der Waals surface area contributed by atoms with E-state index in [2.05, 4.69) is 4.84 Å². The number of carbonyl (C=O) groups excluding carboxylic acids is 2. The monoisotopic (exact) mass is 163 g/mol. The van der Waals surface area contributed by atoms with E-state index in [1.54, 1.807) is 0 Å². The molecule has 0 aromatic rings. The molecular formula is C4H9N3O4. The number of rotatable bonds is 4. The van der Waals surface area contributed by atoms with Crippen LogP contribution in [0.2, 0.25) is 0 Å². The van der Waals surface area contributed by atoms with Crippen LogP contribution < -0.4 is 17.1 Å². The van der Waals surface area contributed by atoms with Crippen LogP contribution in [-0.4, -0.2) is 23.1 Å². The molecule has 11 heavy (non-hydrogen) atoms. The van der Waals surface area contributed by atoms with Crippen molar-refractivity contribution in [3.63, 3.8) is 0 Å². The van der Waals surface area contributed by atoms with Gasteiger partial charge in [-0.05, 0) is 5.64 Å². The number of primary amides is 1. The Kier molecular flexibility index (Phi) is 4.11. The molecule has 7 heteroatoms. The quantitative estimate of drug-likeness (QED) is 0.343. The van der Waals surface area contributed by atoms with Gasteiger partial charge in [0, 0.05) is 0 Å². The van der Waals surface area contributed by atoms with Gasteiger partial charge in [-0.3, -0.25) is 10.0 Å². The van der Waals surface area contributed by atoms with E-state index in [0.717, 1.165) is 5.64 Å². The van der Waals surface area contributed by atoms with E-state index >= 15 is 0 Å². The van der Waals surface area contributed by atoms with E-state index in [1.165, 1.54) is 0 Å². The number of nitrogens with two attached hydrogens (primary N) is 2. The highest BCUT2D eigenvalue weighted by Crippen LogP contribution is 1.88. The first-order valence-corrected chi connectivity index (χ1v) is 2.71. The Hall–Kier alpha value is -1.18. The minimum absolute atomic E-state index is 0.319. The van der Waals surface area contributed by atoms with Gasteiger partial charge in [-0.2, -0.15) is 0 Å². The van der Waals surface area contributed by atoms with Gasteiger partial charge in [-0.1, -0.05) is 0 Å². The van der Waals surface area contributed by atoms with E-state index < -0.39 is 17.9 Å². The summed E-state index contributed by atoms with van der Waals surface area (Å²) < 4.78 is 0. The Balaban J connectivity index is 3.73. The van der Waals surface area contributed by atoms with Crippen LogP contribution in [0.4, 0.5) is 0 Å². The zero-order valence-corrected chi connectivity index (χ0v) is 5.61. The molecule has 0 aromatic carbocycles. The van der Waals surface area contributed by atoms with Gasteiger partial charge in [0.2, 0.25) is 5.91 Å². The summed E-state index contributed by atoms with van der Waals surface area (Å²) in [6.07, 6.45) is -0.319. The lowest BCUT2D eigenvalue weighted by Gasteiger charge is -2.05. The van der Waals surface area contributed by atoms with Crippen LogP contribution in [0.5, 0.6) is 0 Å². The van der Waals surface area contributed by atoms with Gasteiger partial charge in [0.1, 0.15) is 6.04 Å². The van der Waals surface area contributed by atoms with Crippen molar-refractivity contribution in [3.05, 3.63) is 0 Å². The summed E-state index contributed by atoms with van der Waals surface area (Å²) in [5.41, 5.74) is 10.9. The Morgan fingerprint density at radius 1 is 1.64 bits per heavy atom. The fourth-order valence-electron chi connectivity index (χ4n) is 0.421. The highest BCUT2D eigenvalue weighted by Gasteiger charge is 2.17. The van der Waals surface area contributed by atoms with Crippen molar-refractivity contribution in [2.75, 3.05) is 0 Å². The molecule has 1 amide bonds. The zero-order chi connectivity index (χ0) is 8.85. The molecule has 0 aromatic heterocycles. The second kappa shape index (κ2) is 4.61. The average molecular weight is 163 g/mol. The fraction of sp³-hybridized carbons (Fsp3) is 0.500. The standard InChI is InChI=1S/C4H9N3O4/c5-2(1-3(6)8)4(9)11-7-10/h2,7,10H,1,5H2,(H2,6,8). The normalized spacial score (nSPS) is 12.2. The highest BCUT2D eigenvalue weighted by atomic mass is 16.9. The summed E-state index contributed by atoms with van der Waals surface area (Å²) in [7, 11) is 0. The molecule has 0 fully saturated rings. The molecule has 0 radical (unpaired) electrons. The minimum Gasteiger partial charge on any atom is -0.370 e. The van der Waals surface area contributed by atoms with Crippen LogP contribution >= 0.6 is 0 Å². The van der Waals surface area contributed by atoms with E-state index in [9.17, 15) is 9.59 Å². The third-order valence-electron chi connectivity index (χ3n) is 0.870. The maximum absolute atomic E-state index is 10.5. The molecule has 0 saturated heterocycles. The largest absolute Gasteiger partial charge is 0.370 e. The van der Waals surface area contributed by atoms with Crippen molar-refractivity contribution < 1.29 is 19.6 Å². The maximum Gasteiger partial charge on any atom is 0.344 e. The maximum atomic E-state index is 10.5. The lowest BCUT2D eigenvalue weighted by atomic mass is 10.2. The zero-order valence-electron chi connectivity index (χ0n) is 5.61. The first-order valence-electron chi connectivity index (χ1n) is 2.71. The lowest BCUT2D eigenvalue weighted by molar-refractivity contribution is -0.178. The Morgan fingerprint density at radius 2 is 2.18 bits per heavy atom. The molecule has 0 rings (SSSR count). The molecule has 7 nitrogen and oxygen atoms in total. The summed E-state index contributed by atoms with van der Waals surface area (Å²) in [5.74, 6) is -1.67. The van der Waals surface area contributed by atoms with Crippen molar-refractivity contribution in [1.29, 1.82) is 0 Å². The van der Waals surface area contributed by atoms with Crippen molar-refractivity contribution in [1.82, 2.24) is 5.64 Å². The summed E-state index contributed by atoms with van der Waals surface area (Å²) in [6, 6.07) is -1.15. The molecule has 0 saturated carbocycles. The highest BCUT2D eigenvalue weighted by molar-refractivity contribution is 5.83. The summed E-state index contributed by atoms with van der Waals surface area (Å²) >= 11 is 0. The molecule has 0 aliphatic heterocycles. The number of hydrogen-bond donors (Lipinski definition) is 4. The third kappa shape index (κ3) is 4.25. The van der Waals surface area contributed by atoms with E-state index in [1.807, 2.05) is 0 Å². The average Bonchev–Trinajstić information content (AvgIpc) is 1.86. The van der Waals surface area contributed by atoms with Crippen molar-refractivity contribution in [2.45, 2.75) is 12.5 Å². The summed E-state index contributed by atoms with van der Waals surface area (Å²) in [5, 5.41) is 7.85. The van der Waals surface area contributed by atoms with Gasteiger partial charge in [0.05, 0.1) is 6.42 Å². The predicted octanol–water partition coefficient (Wildman–Crippen LogP) is -2.37. The molecule has 1 unspecified atom stereocenters. The van der Waals surface area contributed by atoms with Gasteiger partial charge in [0.15, 0.2) is 0 Å². The first-order chi connectivity index (χ1) is 5.07. The Labute approximate surface area is 62.2 Å². The molecule has 0 spiro atoms. The van der Waals surface area contributed by atoms with Gasteiger partial charge in [-0.25, -0.2) is 4.79 Å². The van der Waals surface area contributed by atoms with Gasteiger partial charge in [0.25, 0.3) is 0 Å². The molecule has 64 valence electrons. The minimum atomic E-state index is -1.15. The van der Waals surface area contributed by atoms with Gasteiger partial charge >= 0.3 is 5.97 Å². The lowest BCUT2D eigenvalue weighted by Crippen LogP contribution is -2.38. The second-order valence-electron chi connectivity index (χ2n) is 1.79. The summed E-state index contributed by atoms with van der Waals surface area (Å²) in [4.78, 5) is 24.5. The molecule has 0 heterocycles.